The smallest absolute Gasteiger partial charge is 0.217 e. The zero-order valence-electron chi connectivity index (χ0n) is 14.8. The Morgan fingerprint density at radius 3 is 2.80 bits per heavy atom. The summed E-state index contributed by atoms with van der Waals surface area (Å²) in [6, 6.07) is 15.6. The first-order chi connectivity index (χ1) is 12.3. The third-order valence-corrected chi connectivity index (χ3v) is 6.10. The quantitative estimate of drug-likeness (QED) is 0.879. The molecule has 0 spiro atoms. The van der Waals surface area contributed by atoms with E-state index >= 15 is 0 Å². The van der Waals surface area contributed by atoms with E-state index < -0.39 is 0 Å². The molecule has 0 saturated carbocycles. The molecular formula is C21H26N2O2. The lowest BCUT2D eigenvalue weighted by molar-refractivity contribution is 0.0748. The van der Waals surface area contributed by atoms with Crippen molar-refractivity contribution in [2.45, 2.75) is 44.3 Å². The molecule has 3 heterocycles. The van der Waals surface area contributed by atoms with E-state index in [1.54, 1.807) is 13.3 Å². The van der Waals surface area contributed by atoms with Gasteiger partial charge in [-0.1, -0.05) is 36.4 Å². The SMILES string of the molecule is COc1ncccc1CN1[C@H]2CC[C@@H]1[C@@](CO)(Cc1ccccc1)C2. The highest BCUT2D eigenvalue weighted by Crippen LogP contribution is 2.52. The number of rotatable bonds is 6. The molecule has 4 nitrogen and oxygen atoms in total. The van der Waals surface area contributed by atoms with Gasteiger partial charge < -0.3 is 9.84 Å². The summed E-state index contributed by atoms with van der Waals surface area (Å²) in [5, 5.41) is 10.3. The van der Waals surface area contributed by atoms with Gasteiger partial charge >= 0.3 is 0 Å². The molecule has 2 saturated heterocycles. The average molecular weight is 338 g/mol. The highest BCUT2D eigenvalue weighted by molar-refractivity contribution is 5.27. The van der Waals surface area contributed by atoms with Crippen LogP contribution in [0, 0.1) is 5.41 Å². The molecule has 1 aromatic heterocycles. The Morgan fingerprint density at radius 1 is 1.20 bits per heavy atom. The van der Waals surface area contributed by atoms with E-state index in [4.69, 9.17) is 4.74 Å². The topological polar surface area (TPSA) is 45.6 Å². The van der Waals surface area contributed by atoms with E-state index in [2.05, 4.69) is 46.3 Å². The van der Waals surface area contributed by atoms with Gasteiger partial charge in [0.2, 0.25) is 5.88 Å². The minimum atomic E-state index is -0.0281. The van der Waals surface area contributed by atoms with Gasteiger partial charge in [0.05, 0.1) is 13.7 Å². The summed E-state index contributed by atoms with van der Waals surface area (Å²) in [6.45, 7) is 1.10. The Hall–Kier alpha value is -1.91. The number of hydrogen-bond donors (Lipinski definition) is 1. The molecule has 4 heteroatoms. The van der Waals surface area contributed by atoms with Crippen LogP contribution in [0.25, 0.3) is 0 Å². The molecule has 2 aliphatic rings. The standard InChI is InChI=1S/C21H26N2O2/c1-25-20-17(8-5-11-22-20)14-23-18-9-10-19(23)21(13-18,15-24)12-16-6-3-2-4-7-16/h2-8,11,18-19,24H,9-10,12-15H2,1H3/t18-,19+,21-/m0/s1. The van der Waals surface area contributed by atoms with E-state index in [0.29, 0.717) is 18.0 Å². The molecule has 1 aromatic carbocycles. The molecule has 2 bridgehead atoms. The molecule has 2 fully saturated rings. The van der Waals surface area contributed by atoms with Crippen LogP contribution >= 0.6 is 0 Å². The first kappa shape index (κ1) is 16.6. The second-order valence-electron chi connectivity index (χ2n) is 7.48. The predicted octanol–water partition coefficient (Wildman–Crippen LogP) is 3.05. The van der Waals surface area contributed by atoms with Gasteiger partial charge in [-0.3, -0.25) is 4.90 Å². The molecule has 0 unspecified atom stereocenters. The van der Waals surface area contributed by atoms with Crippen molar-refractivity contribution < 1.29 is 9.84 Å². The summed E-state index contributed by atoms with van der Waals surface area (Å²) in [5.74, 6) is 0.714. The van der Waals surface area contributed by atoms with Gasteiger partial charge in [-0.15, -0.1) is 0 Å². The van der Waals surface area contributed by atoms with Crippen molar-refractivity contribution in [3.05, 3.63) is 59.8 Å². The Kier molecular flexibility index (Phi) is 4.48. The molecule has 4 rings (SSSR count). The number of aliphatic hydroxyl groups is 1. The minimum absolute atomic E-state index is 0.0281. The van der Waals surface area contributed by atoms with Crippen molar-refractivity contribution in [3.63, 3.8) is 0 Å². The summed E-state index contributed by atoms with van der Waals surface area (Å²) < 4.78 is 5.43. The predicted molar refractivity (Wildman–Crippen MR) is 97.4 cm³/mol. The van der Waals surface area contributed by atoms with Gasteiger partial charge in [-0.2, -0.15) is 0 Å². The zero-order valence-corrected chi connectivity index (χ0v) is 14.8. The van der Waals surface area contributed by atoms with Gasteiger partial charge in [-0.25, -0.2) is 4.98 Å². The Labute approximate surface area is 149 Å². The Morgan fingerprint density at radius 2 is 2.04 bits per heavy atom. The van der Waals surface area contributed by atoms with E-state index in [0.717, 1.165) is 24.9 Å². The van der Waals surface area contributed by atoms with Crippen LogP contribution in [-0.4, -0.2) is 40.8 Å². The van der Waals surface area contributed by atoms with E-state index in [-0.39, 0.29) is 12.0 Å². The van der Waals surface area contributed by atoms with E-state index in [1.807, 2.05) is 6.07 Å². The van der Waals surface area contributed by atoms with Crippen LogP contribution in [0.3, 0.4) is 0 Å². The highest BCUT2D eigenvalue weighted by atomic mass is 16.5. The van der Waals surface area contributed by atoms with Gasteiger partial charge in [-0.05, 0) is 37.3 Å². The molecule has 0 radical (unpaired) electrons. The summed E-state index contributed by atoms with van der Waals surface area (Å²) in [5.41, 5.74) is 2.43. The molecular weight excluding hydrogens is 312 g/mol. The number of benzene rings is 1. The zero-order chi connectivity index (χ0) is 17.3. The van der Waals surface area contributed by atoms with Crippen LogP contribution in [0.1, 0.15) is 30.4 Å². The average Bonchev–Trinajstić information content (AvgIpc) is 3.18. The molecule has 1 N–H and O–H groups in total. The maximum absolute atomic E-state index is 10.3. The normalized spacial score (nSPS) is 28.4. The molecule has 0 amide bonds. The molecule has 132 valence electrons. The van der Waals surface area contributed by atoms with Crippen molar-refractivity contribution in [3.8, 4) is 5.88 Å². The van der Waals surface area contributed by atoms with Crippen LogP contribution in [0.5, 0.6) is 5.88 Å². The van der Waals surface area contributed by atoms with Crippen LogP contribution < -0.4 is 4.74 Å². The Bertz CT molecular complexity index is 721. The lowest BCUT2D eigenvalue weighted by Crippen LogP contribution is -2.41. The molecule has 0 aliphatic carbocycles. The molecule has 2 aromatic rings. The number of fused-ring (bicyclic) bond motifs is 2. The van der Waals surface area contributed by atoms with Crippen molar-refractivity contribution in [1.29, 1.82) is 0 Å². The van der Waals surface area contributed by atoms with Gasteiger partial charge in [0.25, 0.3) is 0 Å². The molecule has 2 aliphatic heterocycles. The Balaban J connectivity index is 1.57. The van der Waals surface area contributed by atoms with Crippen LogP contribution in [0.15, 0.2) is 48.7 Å². The fraction of sp³-hybridized carbons (Fsp3) is 0.476. The summed E-state index contributed by atoms with van der Waals surface area (Å²) in [6.07, 6.45) is 6.19. The first-order valence-corrected chi connectivity index (χ1v) is 9.14. The minimum Gasteiger partial charge on any atom is -0.481 e. The number of methoxy groups -OCH3 is 1. The van der Waals surface area contributed by atoms with Crippen LogP contribution in [-0.2, 0) is 13.0 Å². The van der Waals surface area contributed by atoms with Gasteiger partial charge in [0, 0.05) is 35.8 Å². The van der Waals surface area contributed by atoms with Gasteiger partial charge in [0.1, 0.15) is 0 Å². The number of aliphatic hydroxyl groups excluding tert-OH is 1. The highest BCUT2D eigenvalue weighted by Gasteiger charge is 2.55. The largest absolute Gasteiger partial charge is 0.481 e. The lowest BCUT2D eigenvalue weighted by atomic mass is 9.70. The maximum Gasteiger partial charge on any atom is 0.217 e. The molecule has 25 heavy (non-hydrogen) atoms. The second-order valence-corrected chi connectivity index (χ2v) is 7.48. The first-order valence-electron chi connectivity index (χ1n) is 9.14. The van der Waals surface area contributed by atoms with Crippen molar-refractivity contribution in [2.24, 2.45) is 5.41 Å². The number of nitrogens with zero attached hydrogens (tertiary/aromatic N) is 2. The summed E-state index contributed by atoms with van der Waals surface area (Å²) >= 11 is 0. The van der Waals surface area contributed by atoms with E-state index in [1.165, 1.54) is 18.4 Å². The van der Waals surface area contributed by atoms with Gasteiger partial charge in [0.15, 0.2) is 0 Å². The van der Waals surface area contributed by atoms with E-state index in [9.17, 15) is 5.11 Å². The fourth-order valence-corrected chi connectivity index (χ4v) is 5.00. The monoisotopic (exact) mass is 338 g/mol. The summed E-state index contributed by atoms with van der Waals surface area (Å²) in [4.78, 5) is 6.92. The van der Waals surface area contributed by atoms with Crippen molar-refractivity contribution in [2.75, 3.05) is 13.7 Å². The summed E-state index contributed by atoms with van der Waals surface area (Å²) in [7, 11) is 1.68. The number of pyridine rings is 1. The van der Waals surface area contributed by atoms with Crippen LogP contribution in [0.2, 0.25) is 0 Å². The fourth-order valence-electron chi connectivity index (χ4n) is 5.00. The second kappa shape index (κ2) is 6.77. The number of hydrogen-bond acceptors (Lipinski definition) is 4. The number of aromatic nitrogens is 1. The third kappa shape index (κ3) is 2.94. The van der Waals surface area contributed by atoms with Crippen LogP contribution in [0.4, 0.5) is 0 Å². The maximum atomic E-state index is 10.3. The third-order valence-electron chi connectivity index (χ3n) is 6.10. The van der Waals surface area contributed by atoms with Crippen molar-refractivity contribution in [1.82, 2.24) is 9.88 Å². The van der Waals surface area contributed by atoms with Crippen molar-refractivity contribution >= 4 is 0 Å². The lowest BCUT2D eigenvalue weighted by Gasteiger charge is -2.36. The molecule has 3 atom stereocenters. The number of ether oxygens (including phenoxy) is 1.